The zero-order valence-electron chi connectivity index (χ0n) is 40.4. The zero-order chi connectivity index (χ0) is 45.8. The van der Waals surface area contributed by atoms with Crippen LogP contribution in [-0.4, -0.2) is 0 Å². The first kappa shape index (κ1) is 42.6. The summed E-state index contributed by atoms with van der Waals surface area (Å²) < 4.78 is 7.07. The second kappa shape index (κ2) is 14.8. The van der Waals surface area contributed by atoms with E-state index >= 15 is 0 Å². The van der Waals surface area contributed by atoms with Crippen LogP contribution < -0.4 is 4.90 Å². The molecular formula is C63H63NO. The van der Waals surface area contributed by atoms with E-state index in [4.69, 9.17) is 4.42 Å². The fourth-order valence-electron chi connectivity index (χ4n) is 10.5. The normalized spacial score (nSPS) is 14.0. The highest BCUT2D eigenvalue weighted by Crippen LogP contribution is 2.59. The van der Waals surface area contributed by atoms with Gasteiger partial charge in [0.15, 0.2) is 0 Å². The van der Waals surface area contributed by atoms with Crippen LogP contribution in [0.2, 0.25) is 0 Å². The van der Waals surface area contributed by atoms with Crippen LogP contribution in [0.4, 0.5) is 17.1 Å². The summed E-state index contributed by atoms with van der Waals surface area (Å²) in [5.41, 5.74) is 17.2. The van der Waals surface area contributed by atoms with Crippen LogP contribution >= 0.6 is 0 Å². The van der Waals surface area contributed by atoms with Crippen molar-refractivity contribution >= 4 is 49.8 Å². The highest BCUT2D eigenvalue weighted by Gasteiger charge is 2.46. The molecule has 0 saturated heterocycles. The lowest BCUT2D eigenvalue weighted by Crippen LogP contribution is -2.34. The standard InChI is InChI=1S/C63H63NO/c1-59(2,3)40-20-24-44(25-21-40)63(45-26-22-41(23-27-45)60(4,5)6)52-18-15-17-50-54(39-37-51(56(50)52)57-53(63)38-36-49-48-16-13-14-19-55(48)65-58(49)57)64(46-32-28-42(29-33-46)61(7,8)9)47-34-30-43(31-35-47)62(10,11)12/h13-39H,1-12H3. The third-order valence-electron chi connectivity index (χ3n) is 14.2. The zero-order valence-corrected chi connectivity index (χ0v) is 40.4. The molecule has 0 unspecified atom stereocenters. The van der Waals surface area contributed by atoms with Crippen molar-refractivity contribution in [2.75, 3.05) is 4.90 Å². The Morgan fingerprint density at radius 1 is 0.385 bits per heavy atom. The largest absolute Gasteiger partial charge is 0.455 e. The van der Waals surface area contributed by atoms with Crippen molar-refractivity contribution < 1.29 is 4.42 Å². The van der Waals surface area contributed by atoms with E-state index in [-0.39, 0.29) is 21.7 Å². The second-order valence-electron chi connectivity index (χ2n) is 22.7. The first-order valence-electron chi connectivity index (χ1n) is 23.5. The van der Waals surface area contributed by atoms with Crippen LogP contribution in [0.15, 0.2) is 168 Å². The average molecular weight is 850 g/mol. The molecule has 8 aromatic carbocycles. The molecule has 0 radical (unpaired) electrons. The van der Waals surface area contributed by atoms with E-state index in [0.29, 0.717) is 0 Å². The molecule has 0 fully saturated rings. The smallest absolute Gasteiger partial charge is 0.143 e. The molecule has 1 heterocycles. The summed E-state index contributed by atoms with van der Waals surface area (Å²) in [4.78, 5) is 2.47. The first-order chi connectivity index (χ1) is 30.8. The van der Waals surface area contributed by atoms with E-state index in [0.717, 1.165) is 44.6 Å². The Kier molecular flexibility index (Phi) is 9.71. The van der Waals surface area contributed by atoms with Crippen molar-refractivity contribution in [3.8, 4) is 11.1 Å². The number of fused-ring (bicyclic) bond motifs is 6. The summed E-state index contributed by atoms with van der Waals surface area (Å²) in [6, 6.07) is 62.5. The first-order valence-corrected chi connectivity index (χ1v) is 23.5. The van der Waals surface area contributed by atoms with Gasteiger partial charge >= 0.3 is 0 Å². The molecule has 0 spiro atoms. The molecule has 0 atom stereocenters. The van der Waals surface area contributed by atoms with Gasteiger partial charge in [0.1, 0.15) is 11.2 Å². The minimum Gasteiger partial charge on any atom is -0.455 e. The minimum absolute atomic E-state index is 0.00605. The molecule has 0 amide bonds. The van der Waals surface area contributed by atoms with E-state index in [9.17, 15) is 0 Å². The minimum atomic E-state index is -0.687. The molecule has 10 rings (SSSR count). The predicted octanol–water partition coefficient (Wildman–Crippen LogP) is 17.8. The summed E-state index contributed by atoms with van der Waals surface area (Å²) >= 11 is 0. The number of benzene rings is 8. The molecule has 9 aromatic rings. The van der Waals surface area contributed by atoms with Gasteiger partial charge in [0.05, 0.1) is 11.1 Å². The number of nitrogens with zero attached hydrogens (tertiary/aromatic N) is 1. The lowest BCUT2D eigenvalue weighted by Gasteiger charge is -2.43. The summed E-state index contributed by atoms with van der Waals surface area (Å²) in [6.45, 7) is 27.5. The van der Waals surface area contributed by atoms with E-state index in [2.05, 4.69) is 252 Å². The van der Waals surface area contributed by atoms with Crippen molar-refractivity contribution in [1.82, 2.24) is 0 Å². The molecule has 65 heavy (non-hydrogen) atoms. The summed E-state index contributed by atoms with van der Waals surface area (Å²) in [5.74, 6) is 0. The van der Waals surface area contributed by atoms with E-state index in [1.165, 1.54) is 60.8 Å². The number of para-hydroxylation sites is 1. The molecule has 0 bridgehead atoms. The van der Waals surface area contributed by atoms with E-state index < -0.39 is 5.41 Å². The highest BCUT2D eigenvalue weighted by molar-refractivity contribution is 6.18. The van der Waals surface area contributed by atoms with Crippen LogP contribution in [0.5, 0.6) is 0 Å². The van der Waals surface area contributed by atoms with Gasteiger partial charge in [0.25, 0.3) is 0 Å². The van der Waals surface area contributed by atoms with Gasteiger partial charge < -0.3 is 9.32 Å². The van der Waals surface area contributed by atoms with Crippen molar-refractivity contribution in [2.24, 2.45) is 0 Å². The molecule has 1 aliphatic carbocycles. The molecule has 326 valence electrons. The Balaban J connectivity index is 1.35. The maximum Gasteiger partial charge on any atom is 0.143 e. The molecule has 2 heteroatoms. The lowest BCUT2D eigenvalue weighted by molar-refractivity contribution is 0.588. The van der Waals surface area contributed by atoms with Crippen LogP contribution in [0.3, 0.4) is 0 Å². The molecule has 0 aliphatic heterocycles. The van der Waals surface area contributed by atoms with Crippen molar-refractivity contribution in [3.63, 3.8) is 0 Å². The Bertz CT molecular complexity index is 3130. The Hall–Kier alpha value is -6.38. The maximum atomic E-state index is 7.07. The van der Waals surface area contributed by atoms with Gasteiger partial charge in [-0.2, -0.15) is 0 Å². The molecule has 0 N–H and O–H groups in total. The average Bonchev–Trinajstić information content (AvgIpc) is 3.65. The number of anilines is 3. The molecule has 0 saturated carbocycles. The van der Waals surface area contributed by atoms with Crippen molar-refractivity contribution in [3.05, 3.63) is 208 Å². The highest BCUT2D eigenvalue weighted by atomic mass is 16.3. The number of furan rings is 1. The predicted molar refractivity (Wildman–Crippen MR) is 278 cm³/mol. The quantitative estimate of drug-likeness (QED) is 0.172. The summed E-state index contributed by atoms with van der Waals surface area (Å²) in [7, 11) is 0. The van der Waals surface area contributed by atoms with Gasteiger partial charge in [-0.05, 0) is 114 Å². The number of hydrogen-bond acceptors (Lipinski definition) is 2. The van der Waals surface area contributed by atoms with Crippen molar-refractivity contribution in [1.29, 1.82) is 0 Å². The summed E-state index contributed by atoms with van der Waals surface area (Å²) in [6.07, 6.45) is 0. The van der Waals surface area contributed by atoms with Crippen LogP contribution in [0, 0.1) is 0 Å². The van der Waals surface area contributed by atoms with Gasteiger partial charge in [0, 0.05) is 33.1 Å². The van der Waals surface area contributed by atoms with Gasteiger partial charge in [0.2, 0.25) is 0 Å². The Morgan fingerprint density at radius 3 is 1.34 bits per heavy atom. The monoisotopic (exact) mass is 849 g/mol. The number of hydrogen-bond donors (Lipinski definition) is 0. The molecule has 1 aliphatic rings. The topological polar surface area (TPSA) is 16.4 Å². The van der Waals surface area contributed by atoms with Gasteiger partial charge in [-0.1, -0.05) is 210 Å². The third-order valence-corrected chi connectivity index (χ3v) is 14.2. The van der Waals surface area contributed by atoms with Crippen LogP contribution in [0.1, 0.15) is 128 Å². The molecule has 1 aromatic heterocycles. The van der Waals surface area contributed by atoms with E-state index in [1.807, 2.05) is 0 Å². The SMILES string of the molecule is CC(C)(C)c1ccc(N(c2ccc(C(C)(C)C)cc2)c2ccc3c4c(cccc24)C(c2ccc(C(C)(C)C)cc2)(c2ccc(C(C)(C)C)cc2)c2ccc4c(oc5ccccc54)c2-3)cc1. The van der Waals surface area contributed by atoms with Gasteiger partial charge in [-0.25, -0.2) is 0 Å². The van der Waals surface area contributed by atoms with Gasteiger partial charge in [-0.3, -0.25) is 0 Å². The number of rotatable bonds is 5. The van der Waals surface area contributed by atoms with Gasteiger partial charge in [-0.15, -0.1) is 0 Å². The third kappa shape index (κ3) is 6.91. The summed E-state index contributed by atoms with van der Waals surface area (Å²) in [5, 5.41) is 4.71. The Labute approximate surface area is 387 Å². The van der Waals surface area contributed by atoms with Crippen molar-refractivity contribution in [2.45, 2.75) is 110 Å². The lowest BCUT2D eigenvalue weighted by atomic mass is 9.59. The second-order valence-corrected chi connectivity index (χ2v) is 22.7. The molecule has 2 nitrogen and oxygen atoms in total. The Morgan fingerprint density at radius 2 is 0.846 bits per heavy atom. The molecular weight excluding hydrogens is 787 g/mol. The fourth-order valence-corrected chi connectivity index (χ4v) is 10.5. The fraction of sp³-hybridized carbons (Fsp3) is 0.270. The van der Waals surface area contributed by atoms with Crippen LogP contribution in [0.25, 0.3) is 43.8 Å². The maximum absolute atomic E-state index is 7.07. The van der Waals surface area contributed by atoms with Crippen LogP contribution in [-0.2, 0) is 27.1 Å². The van der Waals surface area contributed by atoms with E-state index in [1.54, 1.807) is 0 Å².